The summed E-state index contributed by atoms with van der Waals surface area (Å²) in [6, 6.07) is 23.7. The van der Waals surface area contributed by atoms with E-state index < -0.39 is 0 Å². The van der Waals surface area contributed by atoms with Gasteiger partial charge in [0, 0.05) is 13.5 Å². The van der Waals surface area contributed by atoms with Crippen molar-refractivity contribution in [2.75, 3.05) is 0 Å². The molecule has 1 aliphatic rings. The zero-order valence-electron chi connectivity index (χ0n) is 17.5. The molecule has 5 rings (SSSR count). The van der Waals surface area contributed by atoms with Crippen molar-refractivity contribution in [3.8, 4) is 11.4 Å². The van der Waals surface area contributed by atoms with Crippen molar-refractivity contribution in [3.63, 3.8) is 0 Å². The van der Waals surface area contributed by atoms with E-state index in [1.165, 1.54) is 12.5 Å². The topological polar surface area (TPSA) is 53.2 Å². The number of imidazole rings is 1. The molecular weight excluding hydrogens is 388 g/mol. The van der Waals surface area contributed by atoms with Crippen LogP contribution in [0.4, 0.5) is 0 Å². The summed E-state index contributed by atoms with van der Waals surface area (Å²) in [5, 5.41) is 0. The van der Waals surface area contributed by atoms with E-state index in [1.807, 2.05) is 71.3 Å². The van der Waals surface area contributed by atoms with Crippen LogP contribution in [0.1, 0.15) is 24.5 Å². The standard InChI is InChI=1S/C26H24N2O3/c1-18(29)31-25-13-7-8-20-16-19(14-15-22(20)25)17-27-23-11-5-6-12-24(23)28(26(27)30)21-9-3-2-4-10-21/h2-13,19H,14-17H2,1H3. The fraction of sp³-hybridized carbons (Fsp3) is 0.231. The molecule has 0 saturated carbocycles. The Morgan fingerprint density at radius 1 is 0.968 bits per heavy atom. The molecule has 1 unspecified atom stereocenters. The summed E-state index contributed by atoms with van der Waals surface area (Å²) in [5.74, 6) is 0.713. The maximum Gasteiger partial charge on any atom is 0.333 e. The lowest BCUT2D eigenvalue weighted by Crippen LogP contribution is -2.28. The predicted molar refractivity (Wildman–Crippen MR) is 121 cm³/mol. The van der Waals surface area contributed by atoms with E-state index in [0.717, 1.165) is 41.5 Å². The van der Waals surface area contributed by atoms with E-state index in [1.54, 1.807) is 4.57 Å². The minimum Gasteiger partial charge on any atom is -0.426 e. The Bertz CT molecular complexity index is 1320. The van der Waals surface area contributed by atoms with Gasteiger partial charge in [-0.1, -0.05) is 42.5 Å². The molecule has 5 nitrogen and oxygen atoms in total. The summed E-state index contributed by atoms with van der Waals surface area (Å²) in [6.45, 7) is 2.09. The number of benzene rings is 3. The van der Waals surface area contributed by atoms with E-state index in [0.29, 0.717) is 18.2 Å². The van der Waals surface area contributed by atoms with Crippen molar-refractivity contribution in [2.24, 2.45) is 5.92 Å². The fourth-order valence-electron chi connectivity index (χ4n) is 4.72. The van der Waals surface area contributed by atoms with E-state index >= 15 is 0 Å². The first-order chi connectivity index (χ1) is 15.1. The van der Waals surface area contributed by atoms with Crippen LogP contribution in [0.25, 0.3) is 16.7 Å². The number of carbonyl (C=O) groups excluding carboxylic acids is 1. The molecule has 5 heteroatoms. The molecule has 0 fully saturated rings. The lowest BCUT2D eigenvalue weighted by Gasteiger charge is -2.26. The molecule has 1 atom stereocenters. The van der Waals surface area contributed by atoms with E-state index in [-0.39, 0.29) is 11.7 Å². The molecule has 156 valence electrons. The maximum atomic E-state index is 13.5. The number of esters is 1. The third kappa shape index (κ3) is 3.56. The number of fused-ring (bicyclic) bond motifs is 2. The van der Waals surface area contributed by atoms with Gasteiger partial charge in [-0.2, -0.15) is 0 Å². The lowest BCUT2D eigenvalue weighted by atomic mass is 9.83. The maximum absolute atomic E-state index is 13.5. The highest BCUT2D eigenvalue weighted by Crippen LogP contribution is 2.33. The fourth-order valence-corrected chi connectivity index (χ4v) is 4.72. The van der Waals surface area contributed by atoms with Gasteiger partial charge in [-0.25, -0.2) is 4.79 Å². The first-order valence-corrected chi connectivity index (χ1v) is 10.7. The molecule has 0 N–H and O–H groups in total. The van der Waals surface area contributed by atoms with E-state index in [4.69, 9.17) is 4.74 Å². The quantitative estimate of drug-likeness (QED) is 0.366. The van der Waals surface area contributed by atoms with Crippen LogP contribution in [0.3, 0.4) is 0 Å². The van der Waals surface area contributed by atoms with Crippen LogP contribution in [0.15, 0.2) is 77.6 Å². The Labute approximate surface area is 180 Å². The van der Waals surface area contributed by atoms with Gasteiger partial charge in [0.15, 0.2) is 0 Å². The zero-order chi connectivity index (χ0) is 21.4. The summed E-state index contributed by atoms with van der Waals surface area (Å²) in [6.07, 6.45) is 2.65. The molecule has 1 aromatic heterocycles. The van der Waals surface area contributed by atoms with Crippen LogP contribution in [0, 0.1) is 5.92 Å². The smallest absolute Gasteiger partial charge is 0.333 e. The van der Waals surface area contributed by atoms with Crippen LogP contribution in [0.2, 0.25) is 0 Å². The number of ether oxygens (including phenoxy) is 1. The summed E-state index contributed by atoms with van der Waals surface area (Å²) in [5.41, 5.74) is 5.07. The molecular formula is C26H24N2O3. The van der Waals surface area contributed by atoms with Crippen LogP contribution >= 0.6 is 0 Å². The van der Waals surface area contributed by atoms with Gasteiger partial charge in [-0.15, -0.1) is 0 Å². The van der Waals surface area contributed by atoms with Crippen LogP contribution < -0.4 is 10.4 Å². The number of hydrogen-bond donors (Lipinski definition) is 0. The summed E-state index contributed by atoms with van der Waals surface area (Å²) in [4.78, 5) is 24.9. The predicted octanol–water partition coefficient (Wildman–Crippen LogP) is 4.52. The van der Waals surface area contributed by atoms with Crippen molar-refractivity contribution in [3.05, 3.63) is 94.4 Å². The Kier molecular flexibility index (Phi) is 4.94. The monoisotopic (exact) mass is 412 g/mol. The first-order valence-electron chi connectivity index (χ1n) is 10.7. The second kappa shape index (κ2) is 7.91. The van der Waals surface area contributed by atoms with E-state index in [9.17, 15) is 9.59 Å². The van der Waals surface area contributed by atoms with Gasteiger partial charge in [0.2, 0.25) is 0 Å². The molecule has 3 aromatic carbocycles. The van der Waals surface area contributed by atoms with Crippen LogP contribution in [-0.2, 0) is 24.2 Å². The molecule has 0 bridgehead atoms. The molecule has 0 spiro atoms. The van der Waals surface area contributed by atoms with Gasteiger partial charge in [-0.05, 0) is 66.6 Å². The SMILES string of the molecule is CC(=O)Oc1cccc2c1CCC(Cn1c(=O)n(-c3ccccc3)c3ccccc31)C2. The van der Waals surface area contributed by atoms with Crippen molar-refractivity contribution < 1.29 is 9.53 Å². The highest BCUT2D eigenvalue weighted by molar-refractivity contribution is 5.78. The second-order valence-corrected chi connectivity index (χ2v) is 8.15. The van der Waals surface area contributed by atoms with Gasteiger partial charge >= 0.3 is 11.7 Å². The largest absolute Gasteiger partial charge is 0.426 e. The zero-order valence-corrected chi connectivity index (χ0v) is 17.5. The Morgan fingerprint density at radius 2 is 1.71 bits per heavy atom. The Hall–Kier alpha value is -3.60. The molecule has 31 heavy (non-hydrogen) atoms. The normalized spacial score (nSPS) is 15.6. The molecule has 1 aliphatic carbocycles. The number of carbonyl (C=O) groups is 1. The molecule has 0 amide bonds. The number of aromatic nitrogens is 2. The average molecular weight is 412 g/mol. The van der Waals surface area contributed by atoms with Gasteiger partial charge in [0.1, 0.15) is 5.75 Å². The van der Waals surface area contributed by atoms with Gasteiger partial charge < -0.3 is 4.74 Å². The Morgan fingerprint density at radius 3 is 2.48 bits per heavy atom. The molecule has 0 aliphatic heterocycles. The van der Waals surface area contributed by atoms with Crippen molar-refractivity contribution in [2.45, 2.75) is 32.7 Å². The Balaban J connectivity index is 1.50. The number of nitrogens with zero attached hydrogens (tertiary/aromatic N) is 2. The van der Waals surface area contributed by atoms with Gasteiger partial charge in [-0.3, -0.25) is 13.9 Å². The number of para-hydroxylation sites is 3. The summed E-state index contributed by atoms with van der Waals surface area (Å²) < 4.78 is 9.10. The van der Waals surface area contributed by atoms with Crippen molar-refractivity contribution in [1.29, 1.82) is 0 Å². The van der Waals surface area contributed by atoms with Crippen molar-refractivity contribution in [1.82, 2.24) is 9.13 Å². The van der Waals surface area contributed by atoms with Gasteiger partial charge in [0.05, 0.1) is 16.7 Å². The summed E-state index contributed by atoms with van der Waals surface area (Å²) >= 11 is 0. The molecule has 4 aromatic rings. The third-order valence-corrected chi connectivity index (χ3v) is 6.09. The number of rotatable bonds is 4. The van der Waals surface area contributed by atoms with E-state index in [2.05, 4.69) is 6.07 Å². The lowest BCUT2D eigenvalue weighted by molar-refractivity contribution is -0.131. The van der Waals surface area contributed by atoms with Crippen LogP contribution in [0.5, 0.6) is 5.75 Å². The summed E-state index contributed by atoms with van der Waals surface area (Å²) in [7, 11) is 0. The average Bonchev–Trinajstić information content (AvgIpc) is 3.05. The van der Waals surface area contributed by atoms with Gasteiger partial charge in [0.25, 0.3) is 0 Å². The second-order valence-electron chi connectivity index (χ2n) is 8.15. The highest BCUT2D eigenvalue weighted by atomic mass is 16.5. The minimum absolute atomic E-state index is 0.00754. The molecule has 0 saturated heterocycles. The van der Waals surface area contributed by atoms with Crippen molar-refractivity contribution >= 4 is 17.0 Å². The number of hydrogen-bond acceptors (Lipinski definition) is 3. The van der Waals surface area contributed by atoms with Crippen LogP contribution in [-0.4, -0.2) is 15.1 Å². The molecule has 0 radical (unpaired) electrons. The highest BCUT2D eigenvalue weighted by Gasteiger charge is 2.24. The minimum atomic E-state index is -0.296. The first kappa shape index (κ1) is 19.4. The third-order valence-electron chi connectivity index (χ3n) is 6.09. The molecule has 1 heterocycles.